The third-order valence-corrected chi connectivity index (χ3v) is 1.61. The van der Waals surface area contributed by atoms with Gasteiger partial charge in [0.1, 0.15) is 0 Å². The van der Waals surface area contributed by atoms with E-state index in [1.165, 1.54) is 0 Å². The Balaban J connectivity index is 2.30. The van der Waals surface area contributed by atoms with E-state index in [2.05, 4.69) is 0 Å². The molecule has 0 saturated carbocycles. The average molecular weight is 116 g/mol. The molecule has 1 fully saturated rings. The molecular weight excluding hydrogens is 104 g/mol. The minimum absolute atomic E-state index is 0.306. The second kappa shape index (κ2) is 2.46. The molecule has 2 heteroatoms. The summed E-state index contributed by atoms with van der Waals surface area (Å²) in [5.41, 5.74) is 0. The van der Waals surface area contributed by atoms with Crippen LogP contribution in [0.1, 0.15) is 13.3 Å². The zero-order valence-electron chi connectivity index (χ0n) is 5.39. The van der Waals surface area contributed by atoms with Gasteiger partial charge in [0.25, 0.3) is 0 Å². The average Bonchev–Trinajstić information content (AvgIpc) is 2.14. The SMILES string of the molecule is COC1CCOC1C. The number of hydrogen-bond donors (Lipinski definition) is 0. The van der Waals surface area contributed by atoms with Crippen molar-refractivity contribution >= 4 is 0 Å². The maximum atomic E-state index is 5.23. The van der Waals surface area contributed by atoms with Gasteiger partial charge in [-0.25, -0.2) is 0 Å². The fourth-order valence-electron chi connectivity index (χ4n) is 1.02. The highest BCUT2D eigenvalue weighted by Crippen LogP contribution is 2.14. The van der Waals surface area contributed by atoms with E-state index in [0.29, 0.717) is 12.2 Å². The van der Waals surface area contributed by atoms with E-state index in [-0.39, 0.29) is 0 Å². The lowest BCUT2D eigenvalue weighted by Gasteiger charge is -2.10. The Hall–Kier alpha value is -0.0800. The highest BCUT2D eigenvalue weighted by molar-refractivity contribution is 4.71. The van der Waals surface area contributed by atoms with Crippen molar-refractivity contribution in [2.24, 2.45) is 0 Å². The van der Waals surface area contributed by atoms with Crippen molar-refractivity contribution in [2.45, 2.75) is 25.6 Å². The van der Waals surface area contributed by atoms with Crippen molar-refractivity contribution in [2.75, 3.05) is 13.7 Å². The zero-order chi connectivity index (χ0) is 5.98. The number of ether oxygens (including phenoxy) is 2. The van der Waals surface area contributed by atoms with Crippen molar-refractivity contribution in [1.29, 1.82) is 0 Å². The van der Waals surface area contributed by atoms with E-state index >= 15 is 0 Å². The summed E-state index contributed by atoms with van der Waals surface area (Å²) in [5, 5.41) is 0. The molecule has 0 N–H and O–H groups in total. The largest absolute Gasteiger partial charge is 0.379 e. The van der Waals surface area contributed by atoms with Crippen LogP contribution in [-0.2, 0) is 9.47 Å². The van der Waals surface area contributed by atoms with Crippen LogP contribution in [0.4, 0.5) is 0 Å². The summed E-state index contributed by atoms with van der Waals surface area (Å²) in [4.78, 5) is 0. The Bertz CT molecular complexity index is 72.9. The Kier molecular flexibility index (Phi) is 1.86. The lowest BCUT2D eigenvalue weighted by molar-refractivity contribution is 0.0270. The molecule has 2 nitrogen and oxygen atoms in total. The molecule has 1 rings (SSSR count). The predicted octanol–water partition coefficient (Wildman–Crippen LogP) is 0.810. The van der Waals surface area contributed by atoms with Crippen LogP contribution in [0.3, 0.4) is 0 Å². The summed E-state index contributed by atoms with van der Waals surface area (Å²) in [6.45, 7) is 2.90. The Morgan fingerprint density at radius 3 is 2.62 bits per heavy atom. The highest BCUT2D eigenvalue weighted by atomic mass is 16.5. The van der Waals surface area contributed by atoms with Crippen LogP contribution in [0.25, 0.3) is 0 Å². The van der Waals surface area contributed by atoms with Gasteiger partial charge in [0.15, 0.2) is 0 Å². The first kappa shape index (κ1) is 6.05. The lowest BCUT2D eigenvalue weighted by Crippen LogP contribution is -2.18. The normalized spacial score (nSPS) is 38.2. The van der Waals surface area contributed by atoms with Gasteiger partial charge in [0, 0.05) is 13.7 Å². The smallest absolute Gasteiger partial charge is 0.0852 e. The molecule has 0 aromatic heterocycles. The summed E-state index contributed by atoms with van der Waals surface area (Å²) in [6.07, 6.45) is 1.70. The third kappa shape index (κ3) is 1.01. The molecule has 1 saturated heterocycles. The fraction of sp³-hybridized carbons (Fsp3) is 1.00. The van der Waals surface area contributed by atoms with E-state index in [9.17, 15) is 0 Å². The summed E-state index contributed by atoms with van der Waals surface area (Å²) in [7, 11) is 1.73. The molecule has 1 aliphatic heterocycles. The highest BCUT2D eigenvalue weighted by Gasteiger charge is 2.22. The lowest BCUT2D eigenvalue weighted by atomic mass is 10.2. The maximum absolute atomic E-state index is 5.23. The number of rotatable bonds is 1. The molecule has 0 aromatic carbocycles. The van der Waals surface area contributed by atoms with Crippen LogP contribution in [0, 0.1) is 0 Å². The molecule has 0 radical (unpaired) electrons. The standard InChI is InChI=1S/C6H12O2/c1-5-6(7-2)3-4-8-5/h5-6H,3-4H2,1-2H3. The molecule has 0 spiro atoms. The Morgan fingerprint density at radius 1 is 1.62 bits per heavy atom. The van der Waals surface area contributed by atoms with E-state index in [0.717, 1.165) is 13.0 Å². The van der Waals surface area contributed by atoms with Crippen LogP contribution in [0.2, 0.25) is 0 Å². The molecule has 0 aliphatic carbocycles. The first-order chi connectivity index (χ1) is 3.84. The van der Waals surface area contributed by atoms with E-state index in [1.807, 2.05) is 6.92 Å². The van der Waals surface area contributed by atoms with Crippen LogP contribution in [0.15, 0.2) is 0 Å². The van der Waals surface area contributed by atoms with E-state index in [1.54, 1.807) is 7.11 Å². The van der Waals surface area contributed by atoms with Crippen molar-refractivity contribution in [3.8, 4) is 0 Å². The molecule has 48 valence electrons. The first-order valence-corrected chi connectivity index (χ1v) is 2.99. The quantitative estimate of drug-likeness (QED) is 0.504. The summed E-state index contributed by atoms with van der Waals surface area (Å²) < 4.78 is 10.3. The minimum Gasteiger partial charge on any atom is -0.379 e. The fourth-order valence-corrected chi connectivity index (χ4v) is 1.02. The van der Waals surface area contributed by atoms with Crippen molar-refractivity contribution in [3.63, 3.8) is 0 Å². The van der Waals surface area contributed by atoms with Gasteiger partial charge >= 0.3 is 0 Å². The Morgan fingerprint density at radius 2 is 2.38 bits per heavy atom. The second-order valence-corrected chi connectivity index (χ2v) is 2.14. The topological polar surface area (TPSA) is 18.5 Å². The zero-order valence-corrected chi connectivity index (χ0v) is 5.39. The minimum atomic E-state index is 0.306. The van der Waals surface area contributed by atoms with Crippen molar-refractivity contribution in [1.82, 2.24) is 0 Å². The molecule has 1 heterocycles. The summed E-state index contributed by atoms with van der Waals surface area (Å²) in [6, 6.07) is 0. The predicted molar refractivity (Wildman–Crippen MR) is 30.8 cm³/mol. The van der Waals surface area contributed by atoms with Gasteiger partial charge in [-0.1, -0.05) is 0 Å². The Labute approximate surface area is 49.8 Å². The summed E-state index contributed by atoms with van der Waals surface area (Å²) >= 11 is 0. The van der Waals surface area contributed by atoms with Gasteiger partial charge in [-0.3, -0.25) is 0 Å². The molecular formula is C6H12O2. The number of methoxy groups -OCH3 is 1. The van der Waals surface area contributed by atoms with E-state index < -0.39 is 0 Å². The van der Waals surface area contributed by atoms with Gasteiger partial charge in [-0.05, 0) is 13.3 Å². The monoisotopic (exact) mass is 116 g/mol. The van der Waals surface area contributed by atoms with Crippen LogP contribution in [0.5, 0.6) is 0 Å². The molecule has 8 heavy (non-hydrogen) atoms. The van der Waals surface area contributed by atoms with E-state index in [4.69, 9.17) is 9.47 Å². The van der Waals surface area contributed by atoms with Gasteiger partial charge in [-0.2, -0.15) is 0 Å². The third-order valence-electron chi connectivity index (χ3n) is 1.61. The maximum Gasteiger partial charge on any atom is 0.0852 e. The second-order valence-electron chi connectivity index (χ2n) is 2.14. The first-order valence-electron chi connectivity index (χ1n) is 2.99. The molecule has 2 unspecified atom stereocenters. The van der Waals surface area contributed by atoms with Gasteiger partial charge in [0.05, 0.1) is 12.2 Å². The molecule has 1 aliphatic rings. The molecule has 0 amide bonds. The molecule has 0 bridgehead atoms. The summed E-state index contributed by atoms with van der Waals surface area (Å²) in [5.74, 6) is 0. The molecule has 2 atom stereocenters. The molecule has 0 aromatic rings. The number of hydrogen-bond acceptors (Lipinski definition) is 2. The van der Waals surface area contributed by atoms with Crippen LogP contribution >= 0.6 is 0 Å². The van der Waals surface area contributed by atoms with Crippen LogP contribution in [-0.4, -0.2) is 25.9 Å². The van der Waals surface area contributed by atoms with Gasteiger partial charge in [0.2, 0.25) is 0 Å². The van der Waals surface area contributed by atoms with Crippen molar-refractivity contribution < 1.29 is 9.47 Å². The van der Waals surface area contributed by atoms with Crippen LogP contribution < -0.4 is 0 Å². The van der Waals surface area contributed by atoms with Crippen molar-refractivity contribution in [3.05, 3.63) is 0 Å². The van der Waals surface area contributed by atoms with Gasteiger partial charge < -0.3 is 9.47 Å². The van der Waals surface area contributed by atoms with Gasteiger partial charge in [-0.15, -0.1) is 0 Å².